The van der Waals surface area contributed by atoms with Crippen molar-refractivity contribution in [3.8, 4) is 0 Å². The predicted molar refractivity (Wildman–Crippen MR) is 167 cm³/mol. The molecule has 1 atom stereocenters. The van der Waals surface area contributed by atoms with Crippen LogP contribution in [0.25, 0.3) is 11.1 Å². The largest absolute Gasteiger partial charge is 0.444 e. The molecule has 7 heteroatoms. The molecule has 0 bridgehead atoms. The first-order valence-corrected chi connectivity index (χ1v) is 15.1. The zero-order valence-electron chi connectivity index (χ0n) is 24.0. The van der Waals surface area contributed by atoms with E-state index in [4.69, 9.17) is 9.15 Å². The van der Waals surface area contributed by atoms with Gasteiger partial charge in [-0.3, -0.25) is 4.57 Å². The van der Waals surface area contributed by atoms with Crippen LogP contribution in [-0.4, -0.2) is 39.5 Å². The summed E-state index contributed by atoms with van der Waals surface area (Å²) >= 11 is 1.70. The third-order valence-electron chi connectivity index (χ3n) is 7.56. The fourth-order valence-electron chi connectivity index (χ4n) is 5.82. The number of oxazole rings is 1. The second kappa shape index (κ2) is 11.2. The highest BCUT2D eigenvalue weighted by Crippen LogP contribution is 2.42. The molecule has 1 aromatic heterocycles. The summed E-state index contributed by atoms with van der Waals surface area (Å²) in [5.41, 5.74) is 2.63. The minimum Gasteiger partial charge on any atom is -0.444 e. The van der Waals surface area contributed by atoms with E-state index in [0.29, 0.717) is 24.2 Å². The molecule has 0 N–H and O–H groups in total. The monoisotopic (exact) mass is 578 g/mol. The van der Waals surface area contributed by atoms with Gasteiger partial charge in [0.2, 0.25) is 0 Å². The Bertz CT molecular complexity index is 1640. The Morgan fingerprint density at radius 3 is 1.90 bits per heavy atom. The zero-order valence-corrected chi connectivity index (χ0v) is 24.8. The molecule has 4 aromatic carbocycles. The molecular weight excluding hydrogens is 544 g/mol. The van der Waals surface area contributed by atoms with Gasteiger partial charge in [0.1, 0.15) is 11.1 Å². The summed E-state index contributed by atoms with van der Waals surface area (Å²) in [4.78, 5) is 29.2. The van der Waals surface area contributed by atoms with Crippen LogP contribution in [0.4, 0.5) is 4.79 Å². The van der Waals surface area contributed by atoms with Crippen LogP contribution < -0.4 is 5.76 Å². The molecule has 1 saturated heterocycles. The van der Waals surface area contributed by atoms with E-state index in [1.165, 1.54) is 0 Å². The molecule has 0 aliphatic carbocycles. The Balaban J connectivity index is 1.42. The van der Waals surface area contributed by atoms with Gasteiger partial charge in [0.15, 0.2) is 5.58 Å². The van der Waals surface area contributed by atoms with E-state index in [2.05, 4.69) is 36.4 Å². The van der Waals surface area contributed by atoms with E-state index >= 15 is 0 Å². The lowest BCUT2D eigenvalue weighted by Crippen LogP contribution is -2.42. The molecule has 6 rings (SSSR count). The number of likely N-dealkylation sites (tertiary alicyclic amines) is 1. The molecule has 42 heavy (non-hydrogen) atoms. The van der Waals surface area contributed by atoms with Gasteiger partial charge in [-0.15, -0.1) is 11.8 Å². The van der Waals surface area contributed by atoms with Crippen LogP contribution in [0.3, 0.4) is 0 Å². The Morgan fingerprint density at radius 2 is 1.38 bits per heavy atom. The normalized spacial score (nSPS) is 15.7. The van der Waals surface area contributed by atoms with E-state index in [1.54, 1.807) is 21.2 Å². The standard InChI is InChI=1S/C35H34N2O4S/c1-34(2,3)41-32(38)36-22-21-29(24-36)42-28-19-20-30-31(23-28)40-33(39)37(30)35(25-13-7-4-8-14-25,26-15-9-5-10-16-26)27-17-11-6-12-18-27/h4-20,23,29H,21-22,24H2,1-3H3. The van der Waals surface area contributed by atoms with E-state index in [-0.39, 0.29) is 11.3 Å². The molecular formula is C35H34N2O4S. The molecule has 0 radical (unpaired) electrons. The van der Waals surface area contributed by atoms with E-state index in [1.807, 2.05) is 93.6 Å². The van der Waals surface area contributed by atoms with Crippen LogP contribution in [0.1, 0.15) is 43.9 Å². The van der Waals surface area contributed by atoms with Crippen LogP contribution in [0.5, 0.6) is 0 Å². The van der Waals surface area contributed by atoms with Gasteiger partial charge in [0.25, 0.3) is 0 Å². The number of benzene rings is 4. The number of aromatic nitrogens is 1. The lowest BCUT2D eigenvalue weighted by Gasteiger charge is -2.36. The molecule has 1 amide bonds. The van der Waals surface area contributed by atoms with Gasteiger partial charge in [-0.1, -0.05) is 91.0 Å². The Kier molecular flexibility index (Phi) is 7.45. The van der Waals surface area contributed by atoms with E-state index in [9.17, 15) is 9.59 Å². The Labute approximate surface area is 249 Å². The zero-order chi connectivity index (χ0) is 29.3. The minimum atomic E-state index is -0.958. The van der Waals surface area contributed by atoms with Crippen LogP contribution in [-0.2, 0) is 10.3 Å². The quantitative estimate of drug-likeness (QED) is 0.195. The number of fused-ring (bicyclic) bond motifs is 1. The second-order valence-corrected chi connectivity index (χ2v) is 13.0. The molecule has 1 aliphatic heterocycles. The first-order chi connectivity index (χ1) is 20.3. The first-order valence-electron chi connectivity index (χ1n) is 14.2. The highest BCUT2D eigenvalue weighted by Gasteiger charge is 2.41. The highest BCUT2D eigenvalue weighted by atomic mass is 32.2. The van der Waals surface area contributed by atoms with Crippen molar-refractivity contribution in [3.05, 3.63) is 136 Å². The average Bonchev–Trinajstić information content (AvgIpc) is 3.58. The third-order valence-corrected chi connectivity index (χ3v) is 8.81. The molecule has 0 saturated carbocycles. The summed E-state index contributed by atoms with van der Waals surface area (Å²) in [5.74, 6) is -0.430. The molecule has 5 aromatic rings. The maximum absolute atomic E-state index is 13.9. The molecule has 1 unspecified atom stereocenters. The van der Waals surface area contributed by atoms with Crippen molar-refractivity contribution in [1.82, 2.24) is 9.47 Å². The summed E-state index contributed by atoms with van der Waals surface area (Å²) in [6, 6.07) is 36.3. The van der Waals surface area contributed by atoms with Gasteiger partial charge in [0.05, 0.1) is 5.52 Å². The van der Waals surface area contributed by atoms with Gasteiger partial charge < -0.3 is 14.1 Å². The summed E-state index contributed by atoms with van der Waals surface area (Å²) < 4.78 is 13.3. The molecule has 6 nitrogen and oxygen atoms in total. The number of hydrogen-bond donors (Lipinski definition) is 0. The average molecular weight is 579 g/mol. The minimum absolute atomic E-state index is 0.223. The summed E-state index contributed by atoms with van der Waals surface area (Å²) in [6.45, 7) is 6.91. The van der Waals surface area contributed by atoms with Gasteiger partial charge >= 0.3 is 11.8 Å². The van der Waals surface area contributed by atoms with Gasteiger partial charge in [-0.2, -0.15) is 0 Å². The van der Waals surface area contributed by atoms with Crippen molar-refractivity contribution in [2.24, 2.45) is 0 Å². The SMILES string of the molecule is CC(C)(C)OC(=O)N1CCC(Sc2ccc3c(c2)oc(=O)n3C(c2ccccc2)(c2ccccc2)c2ccccc2)C1. The predicted octanol–water partition coefficient (Wildman–Crippen LogP) is 7.54. The molecule has 1 aliphatic rings. The second-order valence-electron chi connectivity index (χ2n) is 11.6. The van der Waals surface area contributed by atoms with Gasteiger partial charge in [-0.25, -0.2) is 9.59 Å². The van der Waals surface area contributed by atoms with Crippen molar-refractivity contribution in [2.45, 2.75) is 48.5 Å². The summed E-state index contributed by atoms with van der Waals surface area (Å²) in [7, 11) is 0. The number of nitrogens with zero attached hydrogens (tertiary/aromatic N) is 2. The van der Waals surface area contributed by atoms with Crippen molar-refractivity contribution < 1.29 is 13.9 Å². The number of carbonyl (C=O) groups excluding carboxylic acids is 1. The number of carbonyl (C=O) groups is 1. The van der Waals surface area contributed by atoms with Crippen LogP contribution in [0.2, 0.25) is 0 Å². The lowest BCUT2D eigenvalue weighted by molar-refractivity contribution is 0.0295. The Morgan fingerprint density at radius 1 is 0.833 bits per heavy atom. The third kappa shape index (κ3) is 5.25. The topological polar surface area (TPSA) is 64.7 Å². The number of rotatable bonds is 6. The highest BCUT2D eigenvalue weighted by molar-refractivity contribution is 8.00. The molecule has 1 fully saturated rings. The Hall–Kier alpha value is -4.23. The van der Waals surface area contributed by atoms with Crippen molar-refractivity contribution in [2.75, 3.05) is 13.1 Å². The summed E-state index contributed by atoms with van der Waals surface area (Å²) in [5, 5.41) is 0.223. The van der Waals surface area contributed by atoms with Crippen LogP contribution in [0, 0.1) is 0 Å². The lowest BCUT2D eigenvalue weighted by atomic mass is 9.76. The van der Waals surface area contributed by atoms with Crippen molar-refractivity contribution in [3.63, 3.8) is 0 Å². The van der Waals surface area contributed by atoms with Crippen molar-refractivity contribution in [1.29, 1.82) is 0 Å². The molecule has 214 valence electrons. The number of hydrogen-bond acceptors (Lipinski definition) is 5. The summed E-state index contributed by atoms with van der Waals surface area (Å²) in [6.07, 6.45) is 0.592. The fraction of sp³-hybridized carbons (Fsp3) is 0.257. The number of amides is 1. The van der Waals surface area contributed by atoms with Crippen LogP contribution in [0.15, 0.2) is 123 Å². The number of thioether (sulfide) groups is 1. The molecule has 0 spiro atoms. The number of ether oxygens (including phenoxy) is 1. The fourth-order valence-corrected chi connectivity index (χ4v) is 7.01. The smallest absolute Gasteiger partial charge is 0.421 e. The van der Waals surface area contributed by atoms with E-state index in [0.717, 1.165) is 28.0 Å². The van der Waals surface area contributed by atoms with E-state index < -0.39 is 16.9 Å². The van der Waals surface area contributed by atoms with Gasteiger partial charge in [0, 0.05) is 23.2 Å². The maximum atomic E-state index is 13.9. The maximum Gasteiger partial charge on any atom is 0.421 e. The van der Waals surface area contributed by atoms with Gasteiger partial charge in [-0.05, 0) is 62.1 Å². The van der Waals surface area contributed by atoms with Crippen LogP contribution >= 0.6 is 11.8 Å². The molecule has 2 heterocycles. The van der Waals surface area contributed by atoms with Crippen molar-refractivity contribution >= 4 is 29.0 Å². The first kappa shape index (κ1) is 27.9.